The van der Waals surface area contributed by atoms with Crippen LogP contribution in [0, 0.1) is 6.92 Å². The fourth-order valence-corrected chi connectivity index (χ4v) is 1.78. The number of nitrogens with one attached hydrogen (secondary N) is 1. The van der Waals surface area contributed by atoms with Crippen LogP contribution in [0.3, 0.4) is 0 Å². The third-order valence-electron chi connectivity index (χ3n) is 2.75. The second kappa shape index (κ2) is 4.91. The van der Waals surface area contributed by atoms with Gasteiger partial charge in [0.15, 0.2) is 0 Å². The van der Waals surface area contributed by atoms with Crippen molar-refractivity contribution in [3.8, 4) is 0 Å². The molecule has 0 aliphatic heterocycles. The molecule has 5 heteroatoms. The normalized spacial score (nSPS) is 10.3. The van der Waals surface area contributed by atoms with E-state index in [1.807, 2.05) is 32.4 Å². The van der Waals surface area contributed by atoms with Crippen LogP contribution in [0.4, 0.5) is 5.69 Å². The molecule has 1 aromatic heterocycles. The summed E-state index contributed by atoms with van der Waals surface area (Å²) in [6.07, 6.45) is 3.78. The molecule has 0 atom stereocenters. The van der Waals surface area contributed by atoms with Crippen molar-refractivity contribution in [2.45, 2.75) is 13.5 Å². The monoisotopic (exact) mass is 244 g/mol. The van der Waals surface area contributed by atoms with E-state index in [1.54, 1.807) is 16.8 Å². The standard InChI is InChI=1S/C13H16N4O/c1-9-5-11(13(14)18)3-4-12(9)15-6-10-7-16-17(2)8-10/h3-5,7-8,15H,6H2,1-2H3,(H2,14,18). The molecule has 0 spiro atoms. The van der Waals surface area contributed by atoms with E-state index in [-0.39, 0.29) is 0 Å². The third kappa shape index (κ3) is 2.68. The molecule has 0 unspecified atom stereocenters. The molecule has 1 aromatic carbocycles. The Labute approximate surface area is 106 Å². The van der Waals surface area contributed by atoms with Gasteiger partial charge in [0.25, 0.3) is 0 Å². The Morgan fingerprint density at radius 2 is 2.28 bits per heavy atom. The number of nitrogens with two attached hydrogens (primary N) is 1. The largest absolute Gasteiger partial charge is 0.381 e. The lowest BCUT2D eigenvalue weighted by Crippen LogP contribution is -2.11. The second-order valence-electron chi connectivity index (χ2n) is 4.27. The number of primary amides is 1. The van der Waals surface area contributed by atoms with Crippen molar-refractivity contribution < 1.29 is 4.79 Å². The van der Waals surface area contributed by atoms with Crippen molar-refractivity contribution in [2.24, 2.45) is 12.8 Å². The number of nitrogens with zero attached hydrogens (tertiary/aromatic N) is 2. The fourth-order valence-electron chi connectivity index (χ4n) is 1.78. The highest BCUT2D eigenvalue weighted by atomic mass is 16.1. The zero-order valence-electron chi connectivity index (χ0n) is 10.5. The van der Waals surface area contributed by atoms with Gasteiger partial charge in [-0.3, -0.25) is 9.48 Å². The lowest BCUT2D eigenvalue weighted by atomic mass is 10.1. The van der Waals surface area contributed by atoms with Gasteiger partial charge in [-0.05, 0) is 30.7 Å². The summed E-state index contributed by atoms with van der Waals surface area (Å²) >= 11 is 0. The summed E-state index contributed by atoms with van der Waals surface area (Å²) in [7, 11) is 1.89. The van der Waals surface area contributed by atoms with E-state index in [1.165, 1.54) is 0 Å². The van der Waals surface area contributed by atoms with Crippen LogP contribution in [0.15, 0.2) is 30.6 Å². The van der Waals surface area contributed by atoms with Crippen LogP contribution in [-0.2, 0) is 13.6 Å². The first kappa shape index (κ1) is 12.2. The van der Waals surface area contributed by atoms with Crippen LogP contribution in [0.25, 0.3) is 0 Å². The van der Waals surface area contributed by atoms with Gasteiger partial charge in [-0.1, -0.05) is 0 Å². The molecule has 0 aliphatic carbocycles. The van der Waals surface area contributed by atoms with Crippen molar-refractivity contribution in [1.82, 2.24) is 9.78 Å². The van der Waals surface area contributed by atoms with Gasteiger partial charge in [0, 0.05) is 36.6 Å². The Bertz CT molecular complexity index is 574. The number of rotatable bonds is 4. The predicted molar refractivity (Wildman–Crippen MR) is 70.2 cm³/mol. The smallest absolute Gasteiger partial charge is 0.248 e. The van der Waals surface area contributed by atoms with E-state index in [4.69, 9.17) is 5.73 Å². The van der Waals surface area contributed by atoms with Crippen molar-refractivity contribution in [3.63, 3.8) is 0 Å². The molecule has 0 saturated carbocycles. The zero-order chi connectivity index (χ0) is 13.1. The van der Waals surface area contributed by atoms with E-state index in [9.17, 15) is 4.79 Å². The molecule has 0 aliphatic rings. The number of carbonyl (C=O) groups is 1. The number of anilines is 1. The Kier molecular flexibility index (Phi) is 3.32. The van der Waals surface area contributed by atoms with Crippen LogP contribution in [-0.4, -0.2) is 15.7 Å². The Balaban J connectivity index is 2.08. The number of aromatic nitrogens is 2. The highest BCUT2D eigenvalue weighted by Crippen LogP contribution is 2.17. The second-order valence-corrected chi connectivity index (χ2v) is 4.27. The summed E-state index contributed by atoms with van der Waals surface area (Å²) in [4.78, 5) is 11.0. The molecule has 3 N–H and O–H groups in total. The Morgan fingerprint density at radius 1 is 1.50 bits per heavy atom. The van der Waals surface area contributed by atoms with Crippen LogP contribution in [0.5, 0.6) is 0 Å². The van der Waals surface area contributed by atoms with Gasteiger partial charge >= 0.3 is 0 Å². The van der Waals surface area contributed by atoms with Gasteiger partial charge in [-0.15, -0.1) is 0 Å². The Morgan fingerprint density at radius 3 is 2.83 bits per heavy atom. The molecule has 0 radical (unpaired) electrons. The minimum absolute atomic E-state index is 0.406. The fraction of sp³-hybridized carbons (Fsp3) is 0.231. The average Bonchev–Trinajstić information content (AvgIpc) is 2.73. The van der Waals surface area contributed by atoms with E-state index < -0.39 is 5.91 Å². The lowest BCUT2D eigenvalue weighted by Gasteiger charge is -2.09. The maximum absolute atomic E-state index is 11.0. The van der Waals surface area contributed by atoms with Gasteiger partial charge in [0.05, 0.1) is 6.20 Å². The topological polar surface area (TPSA) is 72.9 Å². The van der Waals surface area contributed by atoms with Crippen molar-refractivity contribution in [1.29, 1.82) is 0 Å². The molecule has 0 fully saturated rings. The molecular weight excluding hydrogens is 228 g/mol. The SMILES string of the molecule is Cc1cc(C(N)=O)ccc1NCc1cnn(C)c1. The van der Waals surface area contributed by atoms with E-state index in [0.29, 0.717) is 12.1 Å². The third-order valence-corrected chi connectivity index (χ3v) is 2.75. The first-order valence-corrected chi connectivity index (χ1v) is 5.68. The summed E-state index contributed by atoms with van der Waals surface area (Å²) in [5.74, 6) is -0.406. The van der Waals surface area contributed by atoms with Gasteiger partial charge < -0.3 is 11.1 Å². The molecule has 0 saturated heterocycles. The highest BCUT2D eigenvalue weighted by Gasteiger charge is 2.04. The highest BCUT2D eigenvalue weighted by molar-refractivity contribution is 5.93. The quantitative estimate of drug-likeness (QED) is 0.854. The van der Waals surface area contributed by atoms with Crippen molar-refractivity contribution in [3.05, 3.63) is 47.3 Å². The number of hydrogen-bond acceptors (Lipinski definition) is 3. The summed E-state index contributed by atoms with van der Waals surface area (Å²) in [5, 5.41) is 7.41. The van der Waals surface area contributed by atoms with Crippen LogP contribution in [0.1, 0.15) is 21.5 Å². The predicted octanol–water partition coefficient (Wildman–Crippen LogP) is 1.44. The molecule has 1 heterocycles. The number of amides is 1. The van der Waals surface area contributed by atoms with Gasteiger partial charge in [-0.25, -0.2) is 0 Å². The zero-order valence-corrected chi connectivity index (χ0v) is 10.5. The van der Waals surface area contributed by atoms with Crippen LogP contribution < -0.4 is 11.1 Å². The molecule has 18 heavy (non-hydrogen) atoms. The van der Waals surface area contributed by atoms with Crippen molar-refractivity contribution >= 4 is 11.6 Å². The van der Waals surface area contributed by atoms with Crippen molar-refractivity contribution in [2.75, 3.05) is 5.32 Å². The molecule has 5 nitrogen and oxygen atoms in total. The molecule has 94 valence electrons. The van der Waals surface area contributed by atoms with Gasteiger partial charge in [0.1, 0.15) is 0 Å². The van der Waals surface area contributed by atoms with Gasteiger partial charge in [0.2, 0.25) is 5.91 Å². The van der Waals surface area contributed by atoms with E-state index in [2.05, 4.69) is 10.4 Å². The number of carbonyl (C=O) groups excluding carboxylic acids is 1. The summed E-state index contributed by atoms with van der Waals surface area (Å²) < 4.78 is 1.76. The molecular formula is C13H16N4O. The Hall–Kier alpha value is -2.30. The maximum atomic E-state index is 11.0. The van der Waals surface area contributed by atoms with E-state index >= 15 is 0 Å². The molecule has 0 bridgehead atoms. The molecule has 2 rings (SSSR count). The number of hydrogen-bond donors (Lipinski definition) is 2. The van der Waals surface area contributed by atoms with E-state index in [0.717, 1.165) is 16.8 Å². The number of benzene rings is 1. The minimum atomic E-state index is -0.406. The lowest BCUT2D eigenvalue weighted by molar-refractivity contribution is 0.1000. The summed E-state index contributed by atoms with van der Waals surface area (Å²) in [6, 6.07) is 5.38. The maximum Gasteiger partial charge on any atom is 0.248 e. The molecule has 1 amide bonds. The number of aryl methyl sites for hydroxylation is 2. The van der Waals surface area contributed by atoms with Crippen LogP contribution in [0.2, 0.25) is 0 Å². The summed E-state index contributed by atoms with van der Waals surface area (Å²) in [5.41, 5.74) is 8.85. The first-order chi connectivity index (χ1) is 8.56. The molecule has 2 aromatic rings. The minimum Gasteiger partial charge on any atom is -0.381 e. The first-order valence-electron chi connectivity index (χ1n) is 5.68. The summed E-state index contributed by atoms with van der Waals surface area (Å²) in [6.45, 7) is 2.64. The van der Waals surface area contributed by atoms with Gasteiger partial charge in [-0.2, -0.15) is 5.10 Å². The van der Waals surface area contributed by atoms with Crippen LogP contribution >= 0.6 is 0 Å². The average molecular weight is 244 g/mol.